The Morgan fingerprint density at radius 1 is 0.905 bits per heavy atom. The van der Waals surface area contributed by atoms with E-state index in [1.165, 1.54) is 0 Å². The zero-order valence-electron chi connectivity index (χ0n) is 11.1. The van der Waals surface area contributed by atoms with Crippen molar-refractivity contribution in [3.05, 3.63) is 69.3 Å². The summed E-state index contributed by atoms with van der Waals surface area (Å²) in [6, 6.07) is 15.3. The van der Waals surface area contributed by atoms with Crippen molar-refractivity contribution in [3.8, 4) is 16.9 Å². The van der Waals surface area contributed by atoms with E-state index in [0.717, 1.165) is 17.0 Å². The summed E-state index contributed by atoms with van der Waals surface area (Å²) in [5.41, 5.74) is 3.49. The van der Waals surface area contributed by atoms with Gasteiger partial charge in [0.2, 0.25) is 0 Å². The zero-order chi connectivity index (χ0) is 15.0. The van der Waals surface area contributed by atoms with E-state index < -0.39 is 0 Å². The molecule has 0 spiro atoms. The van der Waals surface area contributed by atoms with Crippen LogP contribution in [0.2, 0.25) is 15.1 Å². The third-order valence-corrected chi connectivity index (χ3v) is 3.89. The molecular weight excluding hydrogens is 327 g/mol. The molecule has 3 aromatic rings. The predicted octanol–water partition coefficient (Wildman–Crippen LogP) is 5.81. The first-order valence-electron chi connectivity index (χ1n) is 6.33. The van der Waals surface area contributed by atoms with Crippen molar-refractivity contribution in [2.24, 2.45) is 0 Å². The molecule has 5 heteroatoms. The highest BCUT2D eigenvalue weighted by molar-refractivity contribution is 6.40. The Balaban J connectivity index is 2.26. The molecule has 2 nitrogen and oxygen atoms in total. The molecule has 0 radical (unpaired) electrons. The standard InChI is InChI=1S/C16H11Cl3N2/c1-10-7-15(11-5-3-2-4-6-11)21(20-10)16-13(18)8-12(17)9-14(16)19/h2-9H,1H3. The summed E-state index contributed by atoms with van der Waals surface area (Å²) in [5.74, 6) is 0. The fourth-order valence-electron chi connectivity index (χ4n) is 2.22. The van der Waals surface area contributed by atoms with Crippen LogP contribution < -0.4 is 0 Å². The van der Waals surface area contributed by atoms with Gasteiger partial charge in [-0.3, -0.25) is 0 Å². The van der Waals surface area contributed by atoms with Crippen molar-refractivity contribution in [1.82, 2.24) is 9.78 Å². The first kappa shape index (κ1) is 14.5. The van der Waals surface area contributed by atoms with Gasteiger partial charge >= 0.3 is 0 Å². The number of hydrogen-bond acceptors (Lipinski definition) is 1. The van der Waals surface area contributed by atoms with Gasteiger partial charge in [-0.15, -0.1) is 0 Å². The summed E-state index contributed by atoms with van der Waals surface area (Å²) in [6.07, 6.45) is 0. The van der Waals surface area contributed by atoms with E-state index in [1.54, 1.807) is 16.8 Å². The van der Waals surface area contributed by atoms with E-state index in [9.17, 15) is 0 Å². The molecule has 21 heavy (non-hydrogen) atoms. The van der Waals surface area contributed by atoms with E-state index in [-0.39, 0.29) is 0 Å². The SMILES string of the molecule is Cc1cc(-c2ccccc2)n(-c2c(Cl)cc(Cl)cc2Cl)n1. The van der Waals surface area contributed by atoms with Crippen molar-refractivity contribution in [2.45, 2.75) is 6.92 Å². The van der Waals surface area contributed by atoms with E-state index in [4.69, 9.17) is 34.8 Å². The van der Waals surface area contributed by atoms with Crippen LogP contribution in [-0.4, -0.2) is 9.78 Å². The molecule has 0 bridgehead atoms. The lowest BCUT2D eigenvalue weighted by Gasteiger charge is -2.11. The van der Waals surface area contributed by atoms with Gasteiger partial charge < -0.3 is 0 Å². The van der Waals surface area contributed by atoms with Crippen LogP contribution in [0.25, 0.3) is 16.9 Å². The molecule has 2 aromatic carbocycles. The van der Waals surface area contributed by atoms with Gasteiger partial charge in [0.25, 0.3) is 0 Å². The fourth-order valence-corrected chi connectivity index (χ4v) is 3.20. The molecule has 0 saturated carbocycles. The van der Waals surface area contributed by atoms with Crippen molar-refractivity contribution in [3.63, 3.8) is 0 Å². The molecule has 1 heterocycles. The zero-order valence-corrected chi connectivity index (χ0v) is 13.4. The third-order valence-electron chi connectivity index (χ3n) is 3.09. The Labute approximate surface area is 137 Å². The van der Waals surface area contributed by atoms with Crippen LogP contribution in [0.3, 0.4) is 0 Å². The van der Waals surface area contributed by atoms with Crippen molar-refractivity contribution < 1.29 is 0 Å². The maximum absolute atomic E-state index is 6.31. The van der Waals surface area contributed by atoms with Crippen molar-refractivity contribution >= 4 is 34.8 Å². The van der Waals surface area contributed by atoms with Gasteiger partial charge in [0, 0.05) is 10.6 Å². The Bertz CT molecular complexity index is 772. The molecule has 0 unspecified atom stereocenters. The van der Waals surface area contributed by atoms with Gasteiger partial charge in [-0.2, -0.15) is 5.10 Å². The highest BCUT2D eigenvalue weighted by Crippen LogP contribution is 2.35. The lowest BCUT2D eigenvalue weighted by Crippen LogP contribution is -2.01. The monoisotopic (exact) mass is 336 g/mol. The van der Waals surface area contributed by atoms with Crippen LogP contribution in [0.5, 0.6) is 0 Å². The number of hydrogen-bond donors (Lipinski definition) is 0. The minimum absolute atomic E-state index is 0.466. The van der Waals surface area contributed by atoms with E-state index in [2.05, 4.69) is 5.10 Å². The van der Waals surface area contributed by atoms with Crippen LogP contribution in [0.15, 0.2) is 48.5 Å². The lowest BCUT2D eigenvalue weighted by molar-refractivity contribution is 0.869. The molecule has 106 valence electrons. The second-order valence-corrected chi connectivity index (χ2v) is 5.92. The lowest BCUT2D eigenvalue weighted by atomic mass is 10.1. The molecule has 0 amide bonds. The average Bonchev–Trinajstić information content (AvgIpc) is 2.80. The van der Waals surface area contributed by atoms with E-state index >= 15 is 0 Å². The number of nitrogens with zero attached hydrogens (tertiary/aromatic N) is 2. The third kappa shape index (κ3) is 2.80. The highest BCUT2D eigenvalue weighted by Gasteiger charge is 2.16. The van der Waals surface area contributed by atoms with Gasteiger partial charge in [0.1, 0.15) is 5.69 Å². The summed E-state index contributed by atoms with van der Waals surface area (Å²) in [6.45, 7) is 1.93. The molecular formula is C16H11Cl3N2. The Morgan fingerprint density at radius 3 is 2.14 bits per heavy atom. The van der Waals surface area contributed by atoms with Gasteiger partial charge in [-0.1, -0.05) is 65.1 Å². The molecule has 3 rings (SSSR count). The fraction of sp³-hybridized carbons (Fsp3) is 0.0625. The number of benzene rings is 2. The molecule has 0 aliphatic heterocycles. The Morgan fingerprint density at radius 2 is 1.52 bits per heavy atom. The second-order valence-electron chi connectivity index (χ2n) is 4.67. The molecule has 0 fully saturated rings. The highest BCUT2D eigenvalue weighted by atomic mass is 35.5. The van der Waals surface area contributed by atoms with Crippen LogP contribution >= 0.6 is 34.8 Å². The van der Waals surface area contributed by atoms with Crippen LogP contribution in [-0.2, 0) is 0 Å². The largest absolute Gasteiger partial charge is 0.230 e. The molecule has 1 aromatic heterocycles. The number of rotatable bonds is 2. The van der Waals surface area contributed by atoms with Crippen LogP contribution in [0.1, 0.15) is 5.69 Å². The summed E-state index contributed by atoms with van der Waals surface area (Å²) in [4.78, 5) is 0. The first-order valence-corrected chi connectivity index (χ1v) is 7.46. The summed E-state index contributed by atoms with van der Waals surface area (Å²) in [5, 5.41) is 5.94. The topological polar surface area (TPSA) is 17.8 Å². The minimum atomic E-state index is 0.466. The molecule has 0 saturated heterocycles. The maximum atomic E-state index is 6.31. The predicted molar refractivity (Wildman–Crippen MR) is 88.8 cm³/mol. The Hall–Kier alpha value is -1.48. The van der Waals surface area contributed by atoms with Gasteiger partial charge in [0.05, 0.1) is 21.4 Å². The summed E-state index contributed by atoms with van der Waals surface area (Å²) >= 11 is 18.6. The van der Waals surface area contributed by atoms with Crippen molar-refractivity contribution in [2.75, 3.05) is 0 Å². The van der Waals surface area contributed by atoms with E-state index in [0.29, 0.717) is 20.8 Å². The molecule has 0 atom stereocenters. The van der Waals surface area contributed by atoms with Crippen LogP contribution in [0.4, 0.5) is 0 Å². The quantitative estimate of drug-likeness (QED) is 0.577. The number of aryl methyl sites for hydroxylation is 1. The van der Waals surface area contributed by atoms with E-state index in [1.807, 2.05) is 43.3 Å². The summed E-state index contributed by atoms with van der Waals surface area (Å²) in [7, 11) is 0. The first-order chi connectivity index (χ1) is 10.1. The van der Waals surface area contributed by atoms with Gasteiger partial charge in [-0.25, -0.2) is 4.68 Å². The maximum Gasteiger partial charge on any atom is 0.103 e. The molecule has 0 aliphatic rings. The number of halogens is 3. The average molecular weight is 338 g/mol. The van der Waals surface area contributed by atoms with Gasteiger partial charge in [0.15, 0.2) is 0 Å². The molecule has 0 N–H and O–H groups in total. The number of aromatic nitrogens is 2. The second kappa shape index (κ2) is 5.72. The smallest absolute Gasteiger partial charge is 0.103 e. The minimum Gasteiger partial charge on any atom is -0.230 e. The summed E-state index contributed by atoms with van der Waals surface area (Å²) < 4.78 is 1.76. The Kier molecular flexibility index (Phi) is 3.94. The molecule has 0 aliphatic carbocycles. The van der Waals surface area contributed by atoms with Gasteiger partial charge in [-0.05, 0) is 25.1 Å². The normalized spacial score (nSPS) is 10.9. The van der Waals surface area contributed by atoms with Crippen molar-refractivity contribution in [1.29, 1.82) is 0 Å². The van der Waals surface area contributed by atoms with Crippen LogP contribution in [0, 0.1) is 6.92 Å².